The highest BCUT2D eigenvalue weighted by Crippen LogP contribution is 2.34. The summed E-state index contributed by atoms with van der Waals surface area (Å²) in [4.78, 5) is 14.5. The lowest BCUT2D eigenvalue weighted by atomic mass is 10.2. The van der Waals surface area contributed by atoms with E-state index in [9.17, 15) is 10.1 Å². The van der Waals surface area contributed by atoms with Crippen LogP contribution in [-0.2, 0) is 6.54 Å². The summed E-state index contributed by atoms with van der Waals surface area (Å²) in [7, 11) is 1.52. The van der Waals surface area contributed by atoms with Crippen LogP contribution in [0.25, 0.3) is 0 Å². The fourth-order valence-electron chi connectivity index (χ4n) is 1.70. The zero-order valence-corrected chi connectivity index (χ0v) is 12.5. The number of nitro benzene ring substituents is 1. The minimum absolute atomic E-state index is 0.134. The molecular weight excluding hydrogens is 317 g/mol. The summed E-state index contributed by atoms with van der Waals surface area (Å²) in [6, 6.07) is 6.16. The van der Waals surface area contributed by atoms with Crippen molar-refractivity contribution in [1.82, 2.24) is 4.98 Å². The van der Waals surface area contributed by atoms with Gasteiger partial charge >= 0.3 is 0 Å². The van der Waals surface area contributed by atoms with E-state index in [1.807, 2.05) is 0 Å². The Morgan fingerprint density at radius 3 is 2.71 bits per heavy atom. The number of benzene rings is 1. The number of hydrogen-bond acceptors (Lipinski definition) is 5. The molecule has 1 aromatic carbocycles. The molecule has 0 bridgehead atoms. The van der Waals surface area contributed by atoms with E-state index in [2.05, 4.69) is 10.3 Å². The van der Waals surface area contributed by atoms with Crippen LogP contribution < -0.4 is 10.1 Å². The van der Waals surface area contributed by atoms with Crippen molar-refractivity contribution in [2.24, 2.45) is 0 Å². The molecule has 0 atom stereocenters. The molecule has 21 heavy (non-hydrogen) atoms. The lowest BCUT2D eigenvalue weighted by molar-refractivity contribution is -0.383. The molecule has 0 aliphatic heterocycles. The van der Waals surface area contributed by atoms with Gasteiger partial charge in [0.15, 0.2) is 0 Å². The van der Waals surface area contributed by atoms with E-state index < -0.39 is 4.92 Å². The van der Waals surface area contributed by atoms with Crippen LogP contribution in [0.3, 0.4) is 0 Å². The van der Waals surface area contributed by atoms with Gasteiger partial charge in [-0.25, -0.2) is 4.98 Å². The van der Waals surface area contributed by atoms with E-state index in [0.717, 1.165) is 5.56 Å². The zero-order chi connectivity index (χ0) is 15.4. The van der Waals surface area contributed by atoms with Gasteiger partial charge in [0.1, 0.15) is 5.69 Å². The summed E-state index contributed by atoms with van der Waals surface area (Å²) in [6.45, 7) is 0.359. The van der Waals surface area contributed by atoms with E-state index in [4.69, 9.17) is 27.9 Å². The Morgan fingerprint density at radius 2 is 2.05 bits per heavy atom. The normalized spacial score (nSPS) is 10.2. The summed E-state index contributed by atoms with van der Waals surface area (Å²) in [5, 5.41) is 14.4. The molecule has 110 valence electrons. The number of anilines is 1. The van der Waals surface area contributed by atoms with Crippen molar-refractivity contribution in [2.75, 3.05) is 12.4 Å². The Bertz CT molecular complexity index is 680. The lowest BCUT2D eigenvalue weighted by Gasteiger charge is -2.09. The third kappa shape index (κ3) is 3.74. The molecule has 8 heteroatoms. The number of ether oxygens (including phenoxy) is 1. The Kier molecular flexibility index (Phi) is 4.82. The third-order valence-electron chi connectivity index (χ3n) is 2.73. The maximum absolute atomic E-state index is 11.0. The van der Waals surface area contributed by atoms with Crippen molar-refractivity contribution in [1.29, 1.82) is 0 Å². The SMILES string of the molecule is COc1cc(CNc2cc(Cl)c(Cl)cc2[N+](=O)[O-])ccn1. The quantitative estimate of drug-likeness (QED) is 0.665. The van der Waals surface area contributed by atoms with E-state index >= 15 is 0 Å². The highest BCUT2D eigenvalue weighted by Gasteiger charge is 2.16. The predicted octanol–water partition coefficient (Wildman–Crippen LogP) is 3.92. The van der Waals surface area contributed by atoms with Crippen molar-refractivity contribution in [3.63, 3.8) is 0 Å². The maximum atomic E-state index is 11.0. The number of nitro groups is 1. The van der Waals surface area contributed by atoms with Crippen molar-refractivity contribution in [3.05, 3.63) is 56.2 Å². The Balaban J connectivity index is 2.22. The van der Waals surface area contributed by atoms with Gasteiger partial charge in [-0.2, -0.15) is 0 Å². The van der Waals surface area contributed by atoms with Crippen LogP contribution >= 0.6 is 23.2 Å². The minimum atomic E-state index is -0.516. The highest BCUT2D eigenvalue weighted by atomic mass is 35.5. The summed E-state index contributed by atoms with van der Waals surface area (Å²) in [6.07, 6.45) is 1.60. The van der Waals surface area contributed by atoms with Crippen LogP contribution in [0, 0.1) is 10.1 Å². The molecule has 0 radical (unpaired) electrons. The van der Waals surface area contributed by atoms with Gasteiger partial charge in [-0.3, -0.25) is 10.1 Å². The number of aromatic nitrogens is 1. The number of rotatable bonds is 5. The number of nitrogens with zero attached hydrogens (tertiary/aromatic N) is 2. The average molecular weight is 328 g/mol. The van der Waals surface area contributed by atoms with Crippen LogP contribution in [0.5, 0.6) is 5.88 Å². The summed E-state index contributed by atoms with van der Waals surface area (Å²) in [5.41, 5.74) is 1.03. The average Bonchev–Trinajstić information content (AvgIpc) is 2.48. The summed E-state index contributed by atoms with van der Waals surface area (Å²) in [5.74, 6) is 0.470. The molecule has 0 aliphatic carbocycles. The predicted molar refractivity (Wildman–Crippen MR) is 81.2 cm³/mol. The Labute approximate surface area is 130 Å². The van der Waals surface area contributed by atoms with E-state index in [1.165, 1.54) is 19.2 Å². The smallest absolute Gasteiger partial charge is 0.293 e. The maximum Gasteiger partial charge on any atom is 0.293 e. The molecule has 0 fully saturated rings. The number of nitrogens with one attached hydrogen (secondary N) is 1. The Morgan fingerprint density at radius 1 is 1.33 bits per heavy atom. The second-order valence-electron chi connectivity index (χ2n) is 4.10. The van der Waals surface area contributed by atoms with Crippen molar-refractivity contribution in [3.8, 4) is 5.88 Å². The van der Waals surface area contributed by atoms with Gasteiger partial charge in [-0.05, 0) is 17.7 Å². The van der Waals surface area contributed by atoms with Gasteiger partial charge in [0, 0.05) is 24.9 Å². The molecule has 1 N–H and O–H groups in total. The van der Waals surface area contributed by atoms with Crippen molar-refractivity contribution < 1.29 is 9.66 Å². The van der Waals surface area contributed by atoms with E-state index in [0.29, 0.717) is 18.1 Å². The molecule has 0 saturated heterocycles. The Hall–Kier alpha value is -2.05. The van der Waals surface area contributed by atoms with Crippen molar-refractivity contribution in [2.45, 2.75) is 6.54 Å². The van der Waals surface area contributed by atoms with Crippen molar-refractivity contribution >= 4 is 34.6 Å². The second kappa shape index (κ2) is 6.60. The first kappa shape index (κ1) is 15.3. The fourth-order valence-corrected chi connectivity index (χ4v) is 2.02. The molecule has 0 aliphatic rings. The van der Waals surface area contributed by atoms with E-state index in [-0.39, 0.29) is 15.7 Å². The van der Waals surface area contributed by atoms with E-state index in [1.54, 1.807) is 18.3 Å². The number of methoxy groups -OCH3 is 1. The van der Waals surface area contributed by atoms with Gasteiger partial charge < -0.3 is 10.1 Å². The van der Waals surface area contributed by atoms with Gasteiger partial charge in [0.2, 0.25) is 5.88 Å². The topological polar surface area (TPSA) is 77.3 Å². The first-order valence-corrected chi connectivity index (χ1v) is 6.63. The minimum Gasteiger partial charge on any atom is -0.481 e. The first-order chi connectivity index (χ1) is 10.0. The molecule has 2 rings (SSSR count). The van der Waals surface area contributed by atoms with Gasteiger partial charge in [0.05, 0.1) is 22.1 Å². The molecule has 0 spiro atoms. The summed E-state index contributed by atoms with van der Waals surface area (Å²) < 4.78 is 5.02. The molecule has 1 heterocycles. The second-order valence-corrected chi connectivity index (χ2v) is 4.91. The van der Waals surface area contributed by atoms with Crippen LogP contribution in [-0.4, -0.2) is 17.0 Å². The fraction of sp³-hybridized carbons (Fsp3) is 0.154. The third-order valence-corrected chi connectivity index (χ3v) is 3.45. The lowest BCUT2D eigenvalue weighted by Crippen LogP contribution is -2.03. The molecule has 0 amide bonds. The largest absolute Gasteiger partial charge is 0.481 e. The first-order valence-electron chi connectivity index (χ1n) is 5.87. The molecule has 0 saturated carbocycles. The van der Waals surface area contributed by atoms with Gasteiger partial charge in [-0.1, -0.05) is 23.2 Å². The van der Waals surface area contributed by atoms with Crippen LogP contribution in [0.4, 0.5) is 11.4 Å². The molecular formula is C13H11Cl2N3O3. The monoisotopic (exact) mass is 327 g/mol. The summed E-state index contributed by atoms with van der Waals surface area (Å²) >= 11 is 11.7. The van der Waals surface area contributed by atoms with Crippen LogP contribution in [0.15, 0.2) is 30.5 Å². The van der Waals surface area contributed by atoms with Gasteiger partial charge in [-0.15, -0.1) is 0 Å². The van der Waals surface area contributed by atoms with Crippen LogP contribution in [0.1, 0.15) is 5.56 Å². The molecule has 0 unspecified atom stereocenters. The van der Waals surface area contributed by atoms with Crippen LogP contribution in [0.2, 0.25) is 10.0 Å². The van der Waals surface area contributed by atoms with Gasteiger partial charge in [0.25, 0.3) is 5.69 Å². The number of hydrogen-bond donors (Lipinski definition) is 1. The zero-order valence-electron chi connectivity index (χ0n) is 11.0. The number of pyridine rings is 1. The molecule has 6 nitrogen and oxygen atoms in total. The molecule has 2 aromatic rings. The standard InChI is InChI=1S/C13H11Cl2N3O3/c1-21-13-4-8(2-3-16-13)7-17-11-5-9(14)10(15)6-12(11)18(19)20/h2-6,17H,7H2,1H3. The number of halogens is 2. The molecule has 1 aromatic heterocycles. The highest BCUT2D eigenvalue weighted by molar-refractivity contribution is 6.42.